The second-order valence-electron chi connectivity index (χ2n) is 6.85. The van der Waals surface area contributed by atoms with Gasteiger partial charge in [0, 0.05) is 24.2 Å². The molecule has 4 rings (SSSR count). The third kappa shape index (κ3) is 3.63. The highest BCUT2D eigenvalue weighted by atomic mass is 16.6. The maximum absolute atomic E-state index is 12.0. The number of hydrogen-bond acceptors (Lipinski definition) is 8. The number of aromatic nitrogens is 2. The number of hydrogen-bond donors (Lipinski definition) is 0. The van der Waals surface area contributed by atoms with Crippen molar-refractivity contribution in [1.29, 1.82) is 0 Å². The van der Waals surface area contributed by atoms with E-state index < -0.39 is 4.92 Å². The van der Waals surface area contributed by atoms with Crippen molar-refractivity contribution < 1.29 is 18.9 Å². The van der Waals surface area contributed by atoms with Crippen molar-refractivity contribution >= 4 is 17.5 Å². The number of carbonyl (C=O) groups excluding carboxylic acids is 1. The van der Waals surface area contributed by atoms with Crippen molar-refractivity contribution in [3.05, 3.63) is 47.0 Å². The van der Waals surface area contributed by atoms with E-state index in [9.17, 15) is 14.9 Å². The standard InChI is InChI=1S/C20H20N4O5/c1-2-29-20(25)13-5-8-23(9-6-13)19-17(24(26)27)11-21-18(22-19)16-4-3-14-12-28-10-7-15(14)16/h3-4,7,10-13H,2,5-6,8-9H2,1H3. The van der Waals surface area contributed by atoms with Crippen LogP contribution in [0.5, 0.6) is 0 Å². The molecule has 1 aromatic heterocycles. The number of anilines is 1. The molecule has 9 heteroatoms. The van der Waals surface area contributed by atoms with Crippen molar-refractivity contribution in [3.63, 3.8) is 0 Å². The van der Waals surface area contributed by atoms with Crippen LogP contribution in [0.1, 0.15) is 19.8 Å². The van der Waals surface area contributed by atoms with E-state index >= 15 is 0 Å². The van der Waals surface area contributed by atoms with Crippen molar-refractivity contribution in [2.75, 3.05) is 24.6 Å². The average molecular weight is 396 g/mol. The van der Waals surface area contributed by atoms with Crippen LogP contribution in [0.4, 0.5) is 11.5 Å². The van der Waals surface area contributed by atoms with Gasteiger partial charge in [0.05, 0.1) is 30.0 Å². The van der Waals surface area contributed by atoms with Gasteiger partial charge in [-0.1, -0.05) is 6.07 Å². The molecule has 1 aromatic rings. The van der Waals surface area contributed by atoms with Gasteiger partial charge in [-0.2, -0.15) is 0 Å². The Hall–Kier alpha value is -3.49. The van der Waals surface area contributed by atoms with Crippen LogP contribution in [0.15, 0.2) is 41.3 Å². The summed E-state index contributed by atoms with van der Waals surface area (Å²) in [5, 5.41) is 11.5. The number of nitrogens with zero attached hydrogens (tertiary/aromatic N) is 4. The molecule has 0 N–H and O–H groups in total. The van der Waals surface area contributed by atoms with Gasteiger partial charge in [0.1, 0.15) is 6.20 Å². The predicted octanol–water partition coefficient (Wildman–Crippen LogP) is 3.53. The van der Waals surface area contributed by atoms with Crippen molar-refractivity contribution in [1.82, 2.24) is 9.97 Å². The third-order valence-corrected chi connectivity index (χ3v) is 5.14. The molecule has 0 bridgehead atoms. The molecule has 0 aromatic carbocycles. The lowest BCUT2D eigenvalue weighted by molar-refractivity contribution is -0.384. The summed E-state index contributed by atoms with van der Waals surface area (Å²) in [7, 11) is 0. The van der Waals surface area contributed by atoms with E-state index in [1.807, 2.05) is 23.1 Å². The Labute approximate surface area is 166 Å². The highest BCUT2D eigenvalue weighted by molar-refractivity contribution is 5.84. The van der Waals surface area contributed by atoms with Gasteiger partial charge in [0.25, 0.3) is 0 Å². The molecule has 150 valence electrons. The smallest absolute Gasteiger partial charge is 0.329 e. The minimum Gasteiger partial charge on any atom is -0.472 e. The fourth-order valence-corrected chi connectivity index (χ4v) is 3.66. The number of fused-ring (bicyclic) bond motifs is 1. The van der Waals surface area contributed by atoms with Gasteiger partial charge in [0.2, 0.25) is 5.82 Å². The zero-order chi connectivity index (χ0) is 20.4. The van der Waals surface area contributed by atoms with Crippen LogP contribution in [0.25, 0.3) is 22.5 Å². The van der Waals surface area contributed by atoms with E-state index in [1.54, 1.807) is 19.5 Å². The summed E-state index contributed by atoms with van der Waals surface area (Å²) in [6.45, 7) is 3.10. The lowest BCUT2D eigenvalue weighted by Crippen LogP contribution is -2.37. The van der Waals surface area contributed by atoms with Gasteiger partial charge < -0.3 is 14.1 Å². The molecule has 0 atom stereocenters. The first kappa shape index (κ1) is 18.9. The Kier molecular flexibility index (Phi) is 5.11. The van der Waals surface area contributed by atoms with Crippen LogP contribution < -0.4 is 4.90 Å². The van der Waals surface area contributed by atoms with Crippen LogP contribution in [0.2, 0.25) is 0 Å². The molecular weight excluding hydrogens is 376 g/mol. The van der Waals surface area contributed by atoms with E-state index in [-0.39, 0.29) is 23.4 Å². The summed E-state index contributed by atoms with van der Waals surface area (Å²) >= 11 is 0. The third-order valence-electron chi connectivity index (χ3n) is 5.14. The van der Waals surface area contributed by atoms with Crippen molar-refractivity contribution in [2.24, 2.45) is 5.92 Å². The van der Waals surface area contributed by atoms with Crippen LogP contribution in [0.3, 0.4) is 0 Å². The van der Waals surface area contributed by atoms with Crippen LogP contribution in [0, 0.1) is 16.0 Å². The van der Waals surface area contributed by atoms with Crippen LogP contribution in [-0.4, -0.2) is 40.6 Å². The highest BCUT2D eigenvalue weighted by Gasteiger charge is 2.31. The van der Waals surface area contributed by atoms with Gasteiger partial charge in [-0.15, -0.1) is 0 Å². The van der Waals surface area contributed by atoms with Gasteiger partial charge in [-0.25, -0.2) is 9.97 Å². The fraction of sp³-hybridized carbons (Fsp3) is 0.350. The fourth-order valence-electron chi connectivity index (χ4n) is 3.66. The second kappa shape index (κ2) is 7.86. The van der Waals surface area contributed by atoms with E-state index in [0.717, 1.165) is 16.7 Å². The Morgan fingerprint density at radius 3 is 2.83 bits per heavy atom. The largest absolute Gasteiger partial charge is 0.472 e. The lowest BCUT2D eigenvalue weighted by atomic mass is 9.97. The number of rotatable bonds is 5. The topological polar surface area (TPSA) is 112 Å². The average Bonchev–Trinajstić information content (AvgIpc) is 3.18. The molecule has 9 nitrogen and oxygen atoms in total. The summed E-state index contributed by atoms with van der Waals surface area (Å²) < 4.78 is 10.3. The Bertz CT molecular complexity index is 1010. The van der Waals surface area contributed by atoms with Gasteiger partial charge in [-0.3, -0.25) is 14.9 Å². The molecule has 3 aliphatic rings. The minimum absolute atomic E-state index is 0.144. The van der Waals surface area contributed by atoms with E-state index in [1.165, 1.54) is 6.20 Å². The molecule has 1 fully saturated rings. The predicted molar refractivity (Wildman–Crippen MR) is 105 cm³/mol. The van der Waals surface area contributed by atoms with E-state index in [2.05, 4.69) is 9.97 Å². The van der Waals surface area contributed by atoms with Gasteiger partial charge in [-0.05, 0) is 37.5 Å². The summed E-state index contributed by atoms with van der Waals surface area (Å²) in [5.41, 5.74) is 2.46. The number of carbonyl (C=O) groups is 1. The molecule has 1 saturated heterocycles. The normalized spacial score (nSPS) is 14.9. The summed E-state index contributed by atoms with van der Waals surface area (Å²) in [6, 6.07) is 5.58. The molecule has 2 aliphatic heterocycles. The highest BCUT2D eigenvalue weighted by Crippen LogP contribution is 2.36. The maximum atomic E-state index is 12.0. The Morgan fingerprint density at radius 1 is 1.31 bits per heavy atom. The second-order valence-corrected chi connectivity index (χ2v) is 6.85. The first-order chi connectivity index (χ1) is 14.1. The molecule has 3 heterocycles. The molecule has 0 saturated carbocycles. The molecule has 29 heavy (non-hydrogen) atoms. The van der Waals surface area contributed by atoms with Gasteiger partial charge in [0.15, 0.2) is 5.82 Å². The molecule has 0 unspecified atom stereocenters. The quantitative estimate of drug-likeness (QED) is 0.366. The monoisotopic (exact) mass is 396 g/mol. The number of nitro groups is 1. The summed E-state index contributed by atoms with van der Waals surface area (Å²) in [6.07, 6.45) is 5.58. The molecule has 0 amide bonds. The minimum atomic E-state index is -0.474. The number of piperidine rings is 1. The molecule has 0 radical (unpaired) electrons. The Balaban J connectivity index is 1.64. The molecule has 1 aliphatic carbocycles. The zero-order valence-electron chi connectivity index (χ0n) is 15.9. The lowest BCUT2D eigenvalue weighted by Gasteiger charge is -2.31. The SMILES string of the molecule is CCOC(=O)C1CCN(c2nc(-c3ccc4coccc3-4)ncc2[N+](=O)[O-])CC1. The summed E-state index contributed by atoms with van der Waals surface area (Å²) in [4.78, 5) is 33.7. The number of ether oxygens (including phenoxy) is 1. The maximum Gasteiger partial charge on any atom is 0.329 e. The van der Waals surface area contributed by atoms with Crippen molar-refractivity contribution in [2.45, 2.75) is 19.8 Å². The van der Waals surface area contributed by atoms with Crippen LogP contribution in [-0.2, 0) is 9.53 Å². The van der Waals surface area contributed by atoms with Crippen LogP contribution >= 0.6 is 0 Å². The summed E-state index contributed by atoms with van der Waals surface area (Å²) in [5.74, 6) is 0.296. The Morgan fingerprint density at radius 2 is 2.10 bits per heavy atom. The number of esters is 1. The van der Waals surface area contributed by atoms with Gasteiger partial charge >= 0.3 is 11.7 Å². The molecule has 0 spiro atoms. The van der Waals surface area contributed by atoms with Crippen molar-refractivity contribution in [3.8, 4) is 22.5 Å². The molecular formula is C20H20N4O5. The van der Waals surface area contributed by atoms with E-state index in [4.69, 9.17) is 9.15 Å². The first-order valence-electron chi connectivity index (χ1n) is 9.46. The zero-order valence-corrected chi connectivity index (χ0v) is 15.9. The first-order valence-corrected chi connectivity index (χ1v) is 9.46. The van der Waals surface area contributed by atoms with E-state index in [0.29, 0.717) is 38.4 Å².